The van der Waals surface area contributed by atoms with Gasteiger partial charge in [-0.2, -0.15) is 5.10 Å². The molecule has 2 aromatic carbocycles. The molecule has 8 heteroatoms. The van der Waals surface area contributed by atoms with Gasteiger partial charge in [-0.25, -0.2) is 5.43 Å². The summed E-state index contributed by atoms with van der Waals surface area (Å²) >= 11 is 0. The van der Waals surface area contributed by atoms with Crippen molar-refractivity contribution in [2.24, 2.45) is 10.8 Å². The van der Waals surface area contributed by atoms with E-state index in [9.17, 15) is 14.4 Å². The smallest absolute Gasteiger partial charge is 0.329 e. The Morgan fingerprint density at radius 1 is 1.04 bits per heavy atom. The van der Waals surface area contributed by atoms with Crippen molar-refractivity contribution in [3.63, 3.8) is 0 Å². The van der Waals surface area contributed by atoms with Crippen LogP contribution in [0.1, 0.15) is 16.7 Å². The quantitative estimate of drug-likeness (QED) is 0.403. The van der Waals surface area contributed by atoms with Gasteiger partial charge in [0.25, 0.3) is 5.91 Å². The minimum atomic E-state index is -0.913. The second kappa shape index (κ2) is 9.14. The maximum atomic E-state index is 12.0. The number of carbonyl (C=O) groups excluding carboxylic acids is 3. The number of benzene rings is 2. The lowest BCUT2D eigenvalue weighted by atomic mass is 10.1. The molecule has 3 amide bonds. The highest BCUT2D eigenvalue weighted by atomic mass is 16.5. The zero-order chi connectivity index (χ0) is 19.8. The highest BCUT2D eigenvalue weighted by Gasteiger charge is 2.15. The van der Waals surface area contributed by atoms with Gasteiger partial charge in [0, 0.05) is 11.3 Å². The Bertz CT molecular complexity index is 873. The fraction of sp³-hybridized carbons (Fsp3) is 0.158. The number of amides is 3. The number of nitrogens with two attached hydrogens (primary N) is 1. The van der Waals surface area contributed by atoms with E-state index in [2.05, 4.69) is 15.8 Å². The third kappa shape index (κ3) is 5.67. The Morgan fingerprint density at radius 2 is 1.70 bits per heavy atom. The molecule has 2 rings (SSSR count). The molecule has 0 radical (unpaired) electrons. The fourth-order valence-corrected chi connectivity index (χ4v) is 2.26. The van der Waals surface area contributed by atoms with Gasteiger partial charge in [-0.15, -0.1) is 0 Å². The number of aryl methyl sites for hydroxylation is 2. The van der Waals surface area contributed by atoms with Gasteiger partial charge in [0.05, 0.1) is 6.21 Å². The molecule has 0 aliphatic heterocycles. The van der Waals surface area contributed by atoms with E-state index in [1.54, 1.807) is 24.3 Å². The number of anilines is 1. The number of ether oxygens (including phenoxy) is 1. The Labute approximate surface area is 156 Å². The summed E-state index contributed by atoms with van der Waals surface area (Å²) in [6.07, 6.45) is 1.31. The molecule has 27 heavy (non-hydrogen) atoms. The van der Waals surface area contributed by atoms with Crippen molar-refractivity contribution in [2.75, 3.05) is 11.9 Å². The van der Waals surface area contributed by atoms with Gasteiger partial charge in [-0.05, 0) is 37.1 Å². The van der Waals surface area contributed by atoms with Crippen molar-refractivity contribution in [1.82, 2.24) is 5.43 Å². The summed E-state index contributed by atoms with van der Waals surface area (Å²) < 4.78 is 5.25. The molecule has 0 saturated heterocycles. The van der Waals surface area contributed by atoms with Gasteiger partial charge in [-0.1, -0.05) is 30.3 Å². The van der Waals surface area contributed by atoms with Crippen LogP contribution in [0.3, 0.4) is 0 Å². The van der Waals surface area contributed by atoms with Gasteiger partial charge in [-0.3, -0.25) is 14.4 Å². The third-order valence-electron chi connectivity index (χ3n) is 3.58. The number of primary amides is 1. The van der Waals surface area contributed by atoms with Crippen molar-refractivity contribution in [3.05, 3.63) is 59.2 Å². The third-order valence-corrected chi connectivity index (χ3v) is 3.58. The van der Waals surface area contributed by atoms with Gasteiger partial charge < -0.3 is 15.8 Å². The average Bonchev–Trinajstić information content (AvgIpc) is 2.63. The van der Waals surface area contributed by atoms with E-state index in [0.717, 1.165) is 11.1 Å². The molecule has 0 saturated carbocycles. The van der Waals surface area contributed by atoms with Gasteiger partial charge in [0.1, 0.15) is 5.75 Å². The van der Waals surface area contributed by atoms with E-state index in [1.165, 1.54) is 6.21 Å². The lowest BCUT2D eigenvalue weighted by Gasteiger charge is -2.10. The van der Waals surface area contributed by atoms with Crippen LogP contribution in [0.15, 0.2) is 47.6 Å². The summed E-state index contributed by atoms with van der Waals surface area (Å²) in [6, 6.07) is 12.3. The largest absolute Gasteiger partial charge is 0.483 e. The van der Waals surface area contributed by atoms with Gasteiger partial charge >= 0.3 is 11.8 Å². The van der Waals surface area contributed by atoms with Crippen LogP contribution >= 0.6 is 0 Å². The highest BCUT2D eigenvalue weighted by Crippen LogP contribution is 2.19. The Morgan fingerprint density at radius 3 is 2.37 bits per heavy atom. The molecular formula is C19H20N4O4. The number of hydrogen-bond donors (Lipinski definition) is 3. The second-order valence-corrected chi connectivity index (χ2v) is 5.71. The first kappa shape index (κ1) is 19.6. The van der Waals surface area contributed by atoms with Crippen LogP contribution in [0.2, 0.25) is 0 Å². The Hall–Kier alpha value is -3.68. The first-order chi connectivity index (χ1) is 12.9. The molecule has 0 heterocycles. The first-order valence-electron chi connectivity index (χ1n) is 8.09. The van der Waals surface area contributed by atoms with Crippen LogP contribution in [-0.2, 0) is 14.4 Å². The van der Waals surface area contributed by atoms with E-state index in [0.29, 0.717) is 17.0 Å². The van der Waals surface area contributed by atoms with E-state index >= 15 is 0 Å². The van der Waals surface area contributed by atoms with Crippen LogP contribution in [0, 0.1) is 13.8 Å². The summed E-state index contributed by atoms with van der Waals surface area (Å²) in [5.41, 5.74) is 10.00. The van der Waals surface area contributed by atoms with Crippen molar-refractivity contribution < 1.29 is 19.1 Å². The van der Waals surface area contributed by atoms with Crippen LogP contribution in [0.4, 0.5) is 5.69 Å². The SMILES string of the molecule is Cc1cccc(C)c1NC(=O)C(=O)N/N=C\c1ccccc1OCC(N)=O. The van der Waals surface area contributed by atoms with E-state index < -0.39 is 17.7 Å². The zero-order valence-electron chi connectivity index (χ0n) is 15.0. The minimum Gasteiger partial charge on any atom is -0.483 e. The number of rotatable bonds is 6. The topological polar surface area (TPSA) is 123 Å². The number of para-hydroxylation sites is 2. The molecule has 0 spiro atoms. The molecule has 0 aliphatic carbocycles. The molecular weight excluding hydrogens is 348 g/mol. The molecule has 0 aromatic heterocycles. The molecule has 0 fully saturated rings. The first-order valence-corrected chi connectivity index (χ1v) is 8.09. The summed E-state index contributed by atoms with van der Waals surface area (Å²) in [7, 11) is 0. The van der Waals surface area contributed by atoms with Crippen molar-refractivity contribution in [3.8, 4) is 5.75 Å². The second-order valence-electron chi connectivity index (χ2n) is 5.71. The predicted octanol–water partition coefficient (Wildman–Crippen LogP) is 1.26. The molecule has 0 atom stereocenters. The van der Waals surface area contributed by atoms with Gasteiger partial charge in [0.2, 0.25) is 0 Å². The Kier molecular flexibility index (Phi) is 6.65. The van der Waals surface area contributed by atoms with Crippen LogP contribution in [0.5, 0.6) is 5.75 Å². The zero-order valence-corrected chi connectivity index (χ0v) is 15.0. The monoisotopic (exact) mass is 368 g/mol. The summed E-state index contributed by atoms with van der Waals surface area (Å²) in [4.78, 5) is 34.8. The van der Waals surface area contributed by atoms with Crippen molar-refractivity contribution in [2.45, 2.75) is 13.8 Å². The van der Waals surface area contributed by atoms with Crippen molar-refractivity contribution >= 4 is 29.6 Å². The van der Waals surface area contributed by atoms with E-state index in [-0.39, 0.29) is 6.61 Å². The van der Waals surface area contributed by atoms with Crippen LogP contribution < -0.4 is 21.2 Å². The highest BCUT2D eigenvalue weighted by molar-refractivity contribution is 6.39. The summed E-state index contributed by atoms with van der Waals surface area (Å²) in [5, 5.41) is 6.33. The van der Waals surface area contributed by atoms with Crippen LogP contribution in [0.25, 0.3) is 0 Å². The minimum absolute atomic E-state index is 0.282. The number of nitrogens with one attached hydrogen (secondary N) is 2. The number of hydrazone groups is 1. The molecule has 4 N–H and O–H groups in total. The predicted molar refractivity (Wildman–Crippen MR) is 101 cm³/mol. The van der Waals surface area contributed by atoms with Gasteiger partial charge in [0.15, 0.2) is 6.61 Å². The van der Waals surface area contributed by atoms with Crippen LogP contribution in [-0.4, -0.2) is 30.5 Å². The molecule has 0 bridgehead atoms. The lowest BCUT2D eigenvalue weighted by Crippen LogP contribution is -2.32. The molecule has 2 aromatic rings. The maximum Gasteiger partial charge on any atom is 0.329 e. The number of carbonyl (C=O) groups is 3. The molecule has 8 nitrogen and oxygen atoms in total. The normalized spacial score (nSPS) is 10.4. The molecule has 0 unspecified atom stereocenters. The van der Waals surface area contributed by atoms with E-state index in [4.69, 9.17) is 10.5 Å². The van der Waals surface area contributed by atoms with E-state index in [1.807, 2.05) is 32.0 Å². The molecule has 140 valence electrons. The lowest BCUT2D eigenvalue weighted by molar-refractivity contribution is -0.136. The molecule has 0 aliphatic rings. The summed E-state index contributed by atoms with van der Waals surface area (Å²) in [5.74, 6) is -1.99. The Balaban J connectivity index is 1.99. The standard InChI is InChI=1S/C19H20N4O4/c1-12-6-5-7-13(2)17(12)22-18(25)19(26)23-21-10-14-8-3-4-9-15(14)27-11-16(20)24/h3-10H,11H2,1-2H3,(H2,20,24)(H,22,25)(H,23,26)/b21-10-. The maximum absolute atomic E-state index is 12.0. The number of hydrogen-bond acceptors (Lipinski definition) is 5. The van der Waals surface area contributed by atoms with Crippen molar-refractivity contribution in [1.29, 1.82) is 0 Å². The average molecular weight is 368 g/mol. The summed E-state index contributed by atoms with van der Waals surface area (Å²) in [6.45, 7) is 3.39. The fourth-order valence-electron chi connectivity index (χ4n) is 2.26. The number of nitrogens with zero attached hydrogens (tertiary/aromatic N) is 1.